The molecule has 2 aliphatic rings. The SMILES string of the molecule is CCc1nsc(N2CCN(C(=NC)NCC3CCCN(CC(C)C)C3)CC2)n1.I. The Hall–Kier alpha value is -0.680. The van der Waals surface area contributed by atoms with Crippen molar-refractivity contribution in [1.29, 1.82) is 0 Å². The van der Waals surface area contributed by atoms with Crippen LogP contribution in [0.4, 0.5) is 5.13 Å². The number of guanidine groups is 1. The Kier molecular flexibility index (Phi) is 10.4. The van der Waals surface area contributed by atoms with E-state index in [4.69, 9.17) is 0 Å². The third kappa shape index (κ3) is 7.20. The quantitative estimate of drug-likeness (QED) is 0.344. The van der Waals surface area contributed by atoms with Gasteiger partial charge in [0.2, 0.25) is 5.13 Å². The summed E-state index contributed by atoms with van der Waals surface area (Å²) in [7, 11) is 1.90. The van der Waals surface area contributed by atoms with Crippen LogP contribution in [0, 0.1) is 11.8 Å². The average Bonchev–Trinajstić information content (AvgIpc) is 3.18. The number of aromatic nitrogens is 2. The van der Waals surface area contributed by atoms with E-state index in [2.05, 4.69) is 55.1 Å². The highest BCUT2D eigenvalue weighted by Gasteiger charge is 2.24. The van der Waals surface area contributed by atoms with Gasteiger partial charge in [0, 0.05) is 70.8 Å². The van der Waals surface area contributed by atoms with Gasteiger partial charge in [-0.3, -0.25) is 4.99 Å². The average molecular weight is 536 g/mol. The maximum absolute atomic E-state index is 4.63. The number of aryl methyl sites for hydroxylation is 1. The van der Waals surface area contributed by atoms with Crippen LogP contribution in [0.15, 0.2) is 4.99 Å². The number of hydrogen-bond acceptors (Lipinski definition) is 6. The van der Waals surface area contributed by atoms with Crippen molar-refractivity contribution < 1.29 is 0 Å². The predicted molar refractivity (Wildman–Crippen MR) is 134 cm³/mol. The molecule has 1 atom stereocenters. The third-order valence-electron chi connectivity index (χ3n) is 5.61. The fourth-order valence-corrected chi connectivity index (χ4v) is 5.00. The maximum Gasteiger partial charge on any atom is 0.205 e. The molecule has 1 aromatic heterocycles. The predicted octanol–water partition coefficient (Wildman–Crippen LogP) is 2.78. The molecule has 2 fully saturated rings. The molecule has 9 heteroatoms. The lowest BCUT2D eigenvalue weighted by atomic mass is 9.97. The molecule has 0 aliphatic carbocycles. The van der Waals surface area contributed by atoms with Crippen LogP contribution in [0.25, 0.3) is 0 Å². The minimum atomic E-state index is 0. The minimum absolute atomic E-state index is 0. The van der Waals surface area contributed by atoms with Crippen molar-refractivity contribution in [3.05, 3.63) is 5.82 Å². The van der Waals surface area contributed by atoms with Crippen LogP contribution in [0.3, 0.4) is 0 Å². The summed E-state index contributed by atoms with van der Waals surface area (Å²) in [6, 6.07) is 0. The van der Waals surface area contributed by atoms with E-state index in [1.807, 2.05) is 7.05 Å². The number of halogens is 1. The van der Waals surface area contributed by atoms with Crippen LogP contribution < -0.4 is 10.2 Å². The number of likely N-dealkylation sites (tertiary alicyclic amines) is 1. The lowest BCUT2D eigenvalue weighted by Crippen LogP contribution is -2.53. The normalized spacial score (nSPS) is 21.4. The Bertz CT molecular complexity index is 628. The summed E-state index contributed by atoms with van der Waals surface area (Å²) < 4.78 is 4.42. The summed E-state index contributed by atoms with van der Waals surface area (Å²) in [6.45, 7) is 15.4. The van der Waals surface area contributed by atoms with Crippen LogP contribution in [0.2, 0.25) is 0 Å². The number of piperidine rings is 1. The number of nitrogens with one attached hydrogen (secondary N) is 1. The van der Waals surface area contributed by atoms with Gasteiger partial charge in [-0.1, -0.05) is 20.8 Å². The molecule has 2 aliphatic heterocycles. The molecular weight excluding hydrogens is 497 g/mol. The first-order valence-corrected chi connectivity index (χ1v) is 11.6. The Morgan fingerprint density at radius 2 is 2.00 bits per heavy atom. The Morgan fingerprint density at radius 1 is 1.24 bits per heavy atom. The molecule has 0 amide bonds. The van der Waals surface area contributed by atoms with Gasteiger partial charge in [0.15, 0.2) is 5.96 Å². The molecule has 1 N–H and O–H groups in total. The number of rotatable bonds is 6. The summed E-state index contributed by atoms with van der Waals surface area (Å²) in [5.41, 5.74) is 0. The van der Waals surface area contributed by atoms with Crippen molar-refractivity contribution in [2.24, 2.45) is 16.8 Å². The van der Waals surface area contributed by atoms with Crippen molar-refractivity contribution in [3.63, 3.8) is 0 Å². The number of hydrogen-bond donors (Lipinski definition) is 1. The Balaban J connectivity index is 0.00000300. The zero-order valence-electron chi connectivity index (χ0n) is 18.4. The molecule has 0 aromatic carbocycles. The second kappa shape index (κ2) is 12.2. The van der Waals surface area contributed by atoms with Gasteiger partial charge in [0.25, 0.3) is 0 Å². The van der Waals surface area contributed by atoms with Crippen LogP contribution in [-0.4, -0.2) is 84.5 Å². The molecule has 0 spiro atoms. The Labute approximate surface area is 197 Å². The van der Waals surface area contributed by atoms with E-state index in [0.717, 1.165) is 67.9 Å². The van der Waals surface area contributed by atoms with Crippen molar-refractivity contribution in [3.8, 4) is 0 Å². The summed E-state index contributed by atoms with van der Waals surface area (Å²) in [4.78, 5) is 16.6. The molecule has 0 radical (unpaired) electrons. The van der Waals surface area contributed by atoms with Crippen LogP contribution >= 0.6 is 35.5 Å². The molecular formula is C20H38IN7S. The van der Waals surface area contributed by atoms with E-state index in [9.17, 15) is 0 Å². The van der Waals surface area contributed by atoms with Crippen molar-refractivity contribution >= 4 is 46.6 Å². The number of aliphatic imine (C=N–C) groups is 1. The summed E-state index contributed by atoms with van der Waals surface area (Å²) in [5.74, 6) is 3.47. The highest BCUT2D eigenvalue weighted by atomic mass is 127. The number of piperazine rings is 1. The second-order valence-corrected chi connectivity index (χ2v) is 9.14. The van der Waals surface area contributed by atoms with Crippen LogP contribution in [0.1, 0.15) is 39.4 Å². The summed E-state index contributed by atoms with van der Waals surface area (Å²) in [6.07, 6.45) is 3.55. The first-order valence-electron chi connectivity index (χ1n) is 10.8. The second-order valence-electron chi connectivity index (χ2n) is 8.41. The zero-order valence-corrected chi connectivity index (χ0v) is 21.6. The van der Waals surface area contributed by atoms with Gasteiger partial charge >= 0.3 is 0 Å². The van der Waals surface area contributed by atoms with E-state index in [-0.39, 0.29) is 24.0 Å². The molecule has 3 rings (SSSR count). The highest BCUT2D eigenvalue weighted by molar-refractivity contribution is 14.0. The smallest absolute Gasteiger partial charge is 0.205 e. The molecule has 3 heterocycles. The van der Waals surface area contributed by atoms with Gasteiger partial charge in [-0.2, -0.15) is 4.37 Å². The van der Waals surface area contributed by atoms with Gasteiger partial charge in [0.1, 0.15) is 5.82 Å². The molecule has 29 heavy (non-hydrogen) atoms. The zero-order chi connectivity index (χ0) is 19.9. The van der Waals surface area contributed by atoms with Gasteiger partial charge in [-0.05, 0) is 31.2 Å². The van der Waals surface area contributed by atoms with E-state index in [1.54, 1.807) is 0 Å². The highest BCUT2D eigenvalue weighted by Crippen LogP contribution is 2.20. The summed E-state index contributed by atoms with van der Waals surface area (Å²) >= 11 is 1.53. The minimum Gasteiger partial charge on any atom is -0.356 e. The van der Waals surface area contributed by atoms with Crippen molar-refractivity contribution in [1.82, 2.24) is 24.5 Å². The third-order valence-corrected chi connectivity index (χ3v) is 6.43. The first-order chi connectivity index (χ1) is 13.6. The first kappa shape index (κ1) is 24.6. The maximum atomic E-state index is 4.63. The standard InChI is InChI=1S/C20H37N7S.HI/c1-5-18-23-20(28-24-18)27-11-9-26(10-12-27)19(21-4)22-13-17-7-6-8-25(15-17)14-16(2)3;/h16-17H,5-15H2,1-4H3,(H,21,22);1H. The largest absolute Gasteiger partial charge is 0.356 e. The van der Waals surface area contributed by atoms with Crippen molar-refractivity contribution in [2.45, 2.75) is 40.0 Å². The Morgan fingerprint density at radius 3 is 2.62 bits per heavy atom. The van der Waals surface area contributed by atoms with E-state index in [0.29, 0.717) is 0 Å². The molecule has 7 nitrogen and oxygen atoms in total. The van der Waals surface area contributed by atoms with Gasteiger partial charge < -0.3 is 20.0 Å². The van der Waals surface area contributed by atoms with E-state index >= 15 is 0 Å². The number of nitrogens with zero attached hydrogens (tertiary/aromatic N) is 6. The monoisotopic (exact) mass is 535 g/mol. The molecule has 1 aromatic rings. The molecule has 0 bridgehead atoms. The summed E-state index contributed by atoms with van der Waals surface area (Å²) in [5, 5.41) is 4.72. The fourth-order valence-electron chi connectivity index (χ4n) is 4.19. The van der Waals surface area contributed by atoms with Gasteiger partial charge in [-0.15, -0.1) is 24.0 Å². The van der Waals surface area contributed by atoms with E-state index < -0.39 is 0 Å². The van der Waals surface area contributed by atoms with Crippen molar-refractivity contribution in [2.75, 3.05) is 64.3 Å². The van der Waals surface area contributed by atoms with Gasteiger partial charge in [0.05, 0.1) is 0 Å². The fraction of sp³-hybridized carbons (Fsp3) is 0.850. The molecule has 2 saturated heterocycles. The van der Waals surface area contributed by atoms with Gasteiger partial charge in [-0.25, -0.2) is 4.98 Å². The van der Waals surface area contributed by atoms with Crippen LogP contribution in [-0.2, 0) is 6.42 Å². The lowest BCUT2D eigenvalue weighted by Gasteiger charge is -2.37. The number of anilines is 1. The lowest BCUT2D eigenvalue weighted by molar-refractivity contribution is 0.159. The van der Waals surface area contributed by atoms with E-state index in [1.165, 1.54) is 44.0 Å². The van der Waals surface area contributed by atoms with Crippen LogP contribution in [0.5, 0.6) is 0 Å². The topological polar surface area (TPSA) is 59.9 Å². The molecule has 1 unspecified atom stereocenters. The molecule has 0 saturated carbocycles. The molecule has 166 valence electrons.